The van der Waals surface area contributed by atoms with Crippen molar-refractivity contribution in [3.05, 3.63) is 63.9 Å². The van der Waals surface area contributed by atoms with Crippen molar-refractivity contribution in [3.8, 4) is 0 Å². The maximum atomic E-state index is 6.24. The zero-order valence-electron chi connectivity index (χ0n) is 18.0. The van der Waals surface area contributed by atoms with Crippen molar-refractivity contribution in [2.45, 2.75) is 38.5 Å². The molecule has 9 heteroatoms. The highest BCUT2D eigenvalue weighted by atomic mass is 35.5. The fourth-order valence-electron chi connectivity index (χ4n) is 6.34. The summed E-state index contributed by atoms with van der Waals surface area (Å²) in [6.07, 6.45) is 9.51. The van der Waals surface area contributed by atoms with Gasteiger partial charge in [-0.2, -0.15) is 5.10 Å². The monoisotopic (exact) mass is 517 g/mol. The van der Waals surface area contributed by atoms with Gasteiger partial charge in [0.25, 0.3) is 0 Å². The Morgan fingerprint density at radius 1 is 0.970 bits per heavy atom. The maximum absolute atomic E-state index is 6.24. The second-order valence-corrected chi connectivity index (χ2v) is 11.2. The lowest BCUT2D eigenvalue weighted by Gasteiger charge is -2.56. The molecule has 0 radical (unpaired) electrons. The molecule has 5 nitrogen and oxygen atoms in total. The van der Waals surface area contributed by atoms with E-state index in [0.717, 1.165) is 29.2 Å². The number of nitrogens with zero attached hydrogens (tertiary/aromatic N) is 2. The predicted molar refractivity (Wildman–Crippen MR) is 142 cm³/mol. The summed E-state index contributed by atoms with van der Waals surface area (Å²) in [4.78, 5) is 5.06. The molecule has 0 aliphatic heterocycles. The standard InChI is InChI=1S/C24H25Cl2N5S2/c25-17-4-5-18(19(26)10-17)22(32)29-31-23(33)30-28-21(20-3-1-2-6-27-20)24-11-14-7-15(12-24)9-16(8-14)13-24/h1-6,10,14-16H,7-9,11-13H2,(H,29,32)(H2,30,31,33)/b28-21+. The number of thiocarbonyl (C=S) groups is 2. The van der Waals surface area contributed by atoms with Gasteiger partial charge in [0, 0.05) is 22.2 Å². The van der Waals surface area contributed by atoms with Crippen LogP contribution in [0.5, 0.6) is 0 Å². The number of aromatic nitrogens is 1. The van der Waals surface area contributed by atoms with Crippen LogP contribution in [0.3, 0.4) is 0 Å². The van der Waals surface area contributed by atoms with Crippen LogP contribution in [0.2, 0.25) is 10.0 Å². The highest BCUT2D eigenvalue weighted by molar-refractivity contribution is 7.81. The molecule has 0 saturated heterocycles. The Labute approximate surface area is 214 Å². The van der Waals surface area contributed by atoms with E-state index in [4.69, 9.17) is 52.7 Å². The predicted octanol–water partition coefficient (Wildman–Crippen LogP) is 5.65. The summed E-state index contributed by atoms with van der Waals surface area (Å²) in [5.74, 6) is 2.41. The Morgan fingerprint density at radius 3 is 2.27 bits per heavy atom. The number of pyridine rings is 1. The van der Waals surface area contributed by atoms with Gasteiger partial charge in [0.1, 0.15) is 4.99 Å². The van der Waals surface area contributed by atoms with Gasteiger partial charge < -0.3 is 0 Å². The van der Waals surface area contributed by atoms with E-state index in [1.807, 2.05) is 24.4 Å². The van der Waals surface area contributed by atoms with Gasteiger partial charge in [0.15, 0.2) is 0 Å². The lowest BCUT2D eigenvalue weighted by molar-refractivity contribution is -0.0122. The van der Waals surface area contributed by atoms with E-state index in [1.54, 1.807) is 18.2 Å². The Kier molecular flexibility index (Phi) is 6.58. The molecule has 0 unspecified atom stereocenters. The van der Waals surface area contributed by atoms with Gasteiger partial charge in [-0.1, -0.05) is 41.5 Å². The average molecular weight is 519 g/mol. The number of hydrazine groups is 1. The van der Waals surface area contributed by atoms with Gasteiger partial charge in [0.05, 0.1) is 16.4 Å². The van der Waals surface area contributed by atoms with Crippen molar-refractivity contribution in [1.82, 2.24) is 21.3 Å². The van der Waals surface area contributed by atoms with Crippen LogP contribution in [0.1, 0.15) is 49.8 Å². The summed E-state index contributed by atoms with van der Waals surface area (Å²) in [5, 5.41) is 6.18. The topological polar surface area (TPSA) is 61.3 Å². The highest BCUT2D eigenvalue weighted by Crippen LogP contribution is 2.61. The first-order valence-corrected chi connectivity index (χ1v) is 12.8. The van der Waals surface area contributed by atoms with E-state index in [9.17, 15) is 0 Å². The molecule has 4 fully saturated rings. The highest BCUT2D eigenvalue weighted by Gasteiger charge is 2.53. The van der Waals surface area contributed by atoms with E-state index in [2.05, 4.69) is 21.3 Å². The molecule has 4 saturated carbocycles. The molecule has 33 heavy (non-hydrogen) atoms. The fraction of sp³-hybridized carbons (Fsp3) is 0.417. The second kappa shape index (κ2) is 9.45. The third kappa shape index (κ3) is 4.87. The minimum atomic E-state index is 0.0747. The van der Waals surface area contributed by atoms with Crippen molar-refractivity contribution in [3.63, 3.8) is 0 Å². The van der Waals surface area contributed by atoms with Crippen molar-refractivity contribution >= 4 is 63.5 Å². The summed E-state index contributed by atoms with van der Waals surface area (Å²) in [7, 11) is 0. The number of nitrogens with one attached hydrogen (secondary N) is 3. The van der Waals surface area contributed by atoms with Crippen LogP contribution in [0, 0.1) is 23.2 Å². The number of hydrogen-bond donors (Lipinski definition) is 3. The average Bonchev–Trinajstić information content (AvgIpc) is 2.77. The summed E-state index contributed by atoms with van der Waals surface area (Å²) < 4.78 is 0. The number of hydrazone groups is 1. The molecule has 172 valence electrons. The lowest BCUT2D eigenvalue weighted by atomic mass is 9.48. The molecule has 4 aliphatic rings. The molecule has 3 N–H and O–H groups in total. The Morgan fingerprint density at radius 2 is 1.67 bits per heavy atom. The molecule has 4 aliphatic carbocycles. The van der Waals surface area contributed by atoms with Crippen LogP contribution in [0.4, 0.5) is 0 Å². The first-order valence-electron chi connectivity index (χ1n) is 11.2. The largest absolute Gasteiger partial charge is 0.288 e. The molecule has 4 bridgehead atoms. The summed E-state index contributed by atoms with van der Waals surface area (Å²) in [5.41, 5.74) is 11.5. The number of rotatable bonds is 4. The third-order valence-corrected chi connectivity index (χ3v) is 8.25. The van der Waals surface area contributed by atoms with Gasteiger partial charge in [0.2, 0.25) is 5.11 Å². The smallest absolute Gasteiger partial charge is 0.205 e. The van der Waals surface area contributed by atoms with Crippen molar-refractivity contribution in [2.75, 3.05) is 0 Å². The molecule has 1 aromatic carbocycles. The van der Waals surface area contributed by atoms with Crippen LogP contribution in [0.25, 0.3) is 0 Å². The summed E-state index contributed by atoms with van der Waals surface area (Å²) in [6.45, 7) is 0. The van der Waals surface area contributed by atoms with Gasteiger partial charge in [-0.15, -0.1) is 0 Å². The summed E-state index contributed by atoms with van der Waals surface area (Å²) in [6, 6.07) is 11.2. The van der Waals surface area contributed by atoms with Crippen molar-refractivity contribution in [2.24, 2.45) is 28.3 Å². The minimum Gasteiger partial charge on any atom is -0.288 e. The molecule has 0 spiro atoms. The second-order valence-electron chi connectivity index (χ2n) is 9.52. The maximum Gasteiger partial charge on any atom is 0.205 e. The van der Waals surface area contributed by atoms with Gasteiger partial charge in [-0.25, -0.2) is 0 Å². The first-order chi connectivity index (χ1) is 15.9. The minimum absolute atomic E-state index is 0.0747. The van der Waals surface area contributed by atoms with Crippen LogP contribution in [0.15, 0.2) is 47.7 Å². The SMILES string of the molecule is S=C(N/N=C(\c1ccccn1)C12CC3CC(CC(C3)C1)C2)NNC(=S)c1ccc(Cl)cc1Cl. The molecular weight excluding hydrogens is 493 g/mol. The fourth-order valence-corrected chi connectivity index (χ4v) is 7.22. The molecular formula is C24H25Cl2N5S2. The third-order valence-electron chi connectivity index (χ3n) is 7.18. The molecule has 1 heterocycles. The quantitative estimate of drug-likeness (QED) is 0.276. The number of hydrogen-bond acceptors (Lipinski definition) is 4. The number of benzene rings is 1. The normalized spacial score (nSPS) is 27.8. The van der Waals surface area contributed by atoms with E-state index >= 15 is 0 Å². The van der Waals surface area contributed by atoms with Crippen LogP contribution < -0.4 is 16.3 Å². The molecule has 2 aromatic rings. The zero-order chi connectivity index (χ0) is 23.0. The van der Waals surface area contributed by atoms with E-state index < -0.39 is 0 Å². The summed E-state index contributed by atoms with van der Waals surface area (Å²) >= 11 is 23.1. The van der Waals surface area contributed by atoms with Crippen molar-refractivity contribution in [1.29, 1.82) is 0 Å². The Balaban J connectivity index is 1.31. The first kappa shape index (κ1) is 23.0. The molecule has 1 aromatic heterocycles. The number of halogens is 2. The Bertz CT molecular complexity index is 1070. The molecule has 0 amide bonds. The van der Waals surface area contributed by atoms with Crippen LogP contribution in [-0.2, 0) is 0 Å². The van der Waals surface area contributed by atoms with Gasteiger partial charge >= 0.3 is 0 Å². The molecule has 0 atom stereocenters. The van der Waals surface area contributed by atoms with E-state index in [1.165, 1.54) is 38.5 Å². The zero-order valence-corrected chi connectivity index (χ0v) is 21.1. The van der Waals surface area contributed by atoms with Crippen LogP contribution in [-0.4, -0.2) is 20.8 Å². The van der Waals surface area contributed by atoms with Gasteiger partial charge in [-0.05, 0) is 98.8 Å². The van der Waals surface area contributed by atoms with E-state index in [0.29, 0.717) is 25.7 Å². The van der Waals surface area contributed by atoms with Crippen molar-refractivity contribution < 1.29 is 0 Å². The van der Waals surface area contributed by atoms with Gasteiger partial charge in [-0.3, -0.25) is 21.3 Å². The van der Waals surface area contributed by atoms with E-state index in [-0.39, 0.29) is 5.41 Å². The molecule has 6 rings (SSSR count). The van der Waals surface area contributed by atoms with Crippen LogP contribution >= 0.6 is 47.6 Å². The Hall–Kier alpha value is -1.80. The lowest BCUT2D eigenvalue weighted by Crippen LogP contribution is -2.51.